The highest BCUT2D eigenvalue weighted by Gasteiger charge is 2.25. The van der Waals surface area contributed by atoms with Gasteiger partial charge in [-0.25, -0.2) is 9.36 Å². The quantitative estimate of drug-likeness (QED) is 0.418. The highest BCUT2D eigenvalue weighted by molar-refractivity contribution is 7.47. The van der Waals surface area contributed by atoms with Crippen molar-refractivity contribution in [2.75, 3.05) is 13.2 Å². The van der Waals surface area contributed by atoms with Gasteiger partial charge in [0.1, 0.15) is 17.6 Å². The van der Waals surface area contributed by atoms with Crippen LogP contribution < -0.4 is 9.26 Å². The minimum atomic E-state index is -4.32. The summed E-state index contributed by atoms with van der Waals surface area (Å²) in [5, 5.41) is 0. The molecule has 1 aromatic rings. The molecule has 0 fully saturated rings. The van der Waals surface area contributed by atoms with Crippen LogP contribution in [0.2, 0.25) is 0 Å². The van der Waals surface area contributed by atoms with E-state index in [4.69, 9.17) is 18.5 Å². The molecule has 7 nitrogen and oxygen atoms in total. The molecule has 0 heterocycles. The summed E-state index contributed by atoms with van der Waals surface area (Å²) in [4.78, 5) is 21.0. The maximum absolute atomic E-state index is 11.8. The summed E-state index contributed by atoms with van der Waals surface area (Å²) in [6.45, 7) is 8.54. The van der Waals surface area contributed by atoms with Gasteiger partial charge in [0.05, 0.1) is 13.2 Å². The fourth-order valence-corrected chi connectivity index (χ4v) is 2.28. The van der Waals surface area contributed by atoms with Crippen molar-refractivity contribution < 1.29 is 32.8 Å². The fraction of sp³-hybridized carbons (Fsp3) is 0.400. The lowest BCUT2D eigenvalue weighted by molar-refractivity contribution is -0.144. The van der Waals surface area contributed by atoms with Gasteiger partial charge in [0, 0.05) is 5.57 Å². The Morgan fingerprint density at radius 3 is 2.39 bits per heavy atom. The van der Waals surface area contributed by atoms with Gasteiger partial charge in [0.2, 0.25) is 0 Å². The number of benzene rings is 1. The molecular formula is C15H21O7P. The van der Waals surface area contributed by atoms with E-state index in [9.17, 15) is 14.3 Å². The number of hydrogen-bond donors (Lipinski definition) is 1. The molecule has 0 aliphatic heterocycles. The third kappa shape index (κ3) is 7.32. The van der Waals surface area contributed by atoms with Gasteiger partial charge in [-0.15, -0.1) is 0 Å². The fourth-order valence-electron chi connectivity index (χ4n) is 1.44. The molecule has 23 heavy (non-hydrogen) atoms. The van der Waals surface area contributed by atoms with Crippen LogP contribution in [0, 0.1) is 0 Å². The topological polar surface area (TPSA) is 91.3 Å². The molecule has 0 aliphatic rings. The third-order valence-corrected chi connectivity index (χ3v) is 3.40. The molecule has 0 bridgehead atoms. The molecule has 0 spiro atoms. The maximum Gasteiger partial charge on any atom is 0.527 e. The van der Waals surface area contributed by atoms with Crippen LogP contribution in [-0.2, 0) is 18.6 Å². The van der Waals surface area contributed by atoms with Gasteiger partial charge in [-0.1, -0.05) is 6.58 Å². The van der Waals surface area contributed by atoms with Crippen molar-refractivity contribution in [3.63, 3.8) is 0 Å². The van der Waals surface area contributed by atoms with E-state index < -0.39 is 19.9 Å². The molecule has 0 aliphatic carbocycles. The first kappa shape index (κ1) is 19.2. The Hall–Kier alpha value is -1.82. The molecule has 2 unspecified atom stereocenters. The number of phosphoric acid groups is 1. The number of carbonyl (C=O) groups is 1. The second kappa shape index (κ2) is 8.72. The van der Waals surface area contributed by atoms with E-state index in [1.807, 2.05) is 6.92 Å². The van der Waals surface area contributed by atoms with Crippen molar-refractivity contribution in [2.45, 2.75) is 26.9 Å². The van der Waals surface area contributed by atoms with Crippen LogP contribution in [0.5, 0.6) is 11.5 Å². The minimum Gasteiger partial charge on any atom is -0.494 e. The predicted molar refractivity (Wildman–Crippen MR) is 84.4 cm³/mol. The summed E-state index contributed by atoms with van der Waals surface area (Å²) in [5.41, 5.74) is 0.231. The molecule has 2 atom stereocenters. The Bertz CT molecular complexity index is 582. The van der Waals surface area contributed by atoms with Gasteiger partial charge in [0.15, 0.2) is 0 Å². The number of hydrogen-bond acceptors (Lipinski definition) is 6. The first-order chi connectivity index (χ1) is 10.7. The third-order valence-electron chi connectivity index (χ3n) is 2.48. The lowest BCUT2D eigenvalue weighted by Gasteiger charge is -2.17. The Balaban J connectivity index is 2.50. The molecule has 0 amide bonds. The molecule has 1 N–H and O–H groups in total. The molecule has 1 aromatic carbocycles. The van der Waals surface area contributed by atoms with E-state index in [2.05, 4.69) is 6.58 Å². The lowest BCUT2D eigenvalue weighted by Crippen LogP contribution is -2.20. The number of rotatable bonds is 9. The monoisotopic (exact) mass is 344 g/mol. The van der Waals surface area contributed by atoms with Gasteiger partial charge in [-0.2, -0.15) is 0 Å². The van der Waals surface area contributed by atoms with Crippen molar-refractivity contribution in [3.8, 4) is 11.5 Å². The summed E-state index contributed by atoms with van der Waals surface area (Å²) < 4.78 is 31.7. The van der Waals surface area contributed by atoms with E-state index in [0.717, 1.165) is 0 Å². The highest BCUT2D eigenvalue weighted by Crippen LogP contribution is 2.44. The lowest BCUT2D eigenvalue weighted by atomic mass is 10.3. The highest BCUT2D eigenvalue weighted by atomic mass is 31.2. The normalized spacial score (nSPS) is 14.4. The van der Waals surface area contributed by atoms with Crippen LogP contribution in [0.25, 0.3) is 0 Å². The summed E-state index contributed by atoms with van der Waals surface area (Å²) in [7, 11) is -4.32. The molecule has 0 saturated heterocycles. The molecule has 8 heteroatoms. The first-order valence-electron chi connectivity index (χ1n) is 6.99. The van der Waals surface area contributed by atoms with Crippen LogP contribution in [-0.4, -0.2) is 30.2 Å². The zero-order valence-electron chi connectivity index (χ0n) is 13.4. The predicted octanol–water partition coefficient (Wildman–Crippen LogP) is 3.09. The van der Waals surface area contributed by atoms with E-state index in [0.29, 0.717) is 12.4 Å². The maximum atomic E-state index is 11.8. The van der Waals surface area contributed by atoms with Crippen molar-refractivity contribution in [1.82, 2.24) is 0 Å². The molecule has 0 saturated carbocycles. The van der Waals surface area contributed by atoms with E-state index in [1.54, 1.807) is 12.1 Å². The van der Waals surface area contributed by atoms with Gasteiger partial charge < -0.3 is 14.0 Å². The zero-order chi connectivity index (χ0) is 17.5. The molecule has 128 valence electrons. The number of carbonyl (C=O) groups excluding carboxylic acids is 1. The minimum absolute atomic E-state index is 0.158. The van der Waals surface area contributed by atoms with Gasteiger partial charge in [-0.3, -0.25) is 9.42 Å². The van der Waals surface area contributed by atoms with Crippen LogP contribution in [0.4, 0.5) is 0 Å². The Morgan fingerprint density at radius 2 is 1.87 bits per heavy atom. The average molecular weight is 344 g/mol. The number of ether oxygens (including phenoxy) is 2. The SMILES string of the molecule is C=C(C)C(=O)OC(C)COP(=O)(O)Oc1ccc(OCC)cc1. The average Bonchev–Trinajstić information content (AvgIpc) is 2.47. The van der Waals surface area contributed by atoms with Gasteiger partial charge in [-0.05, 0) is 45.0 Å². The van der Waals surface area contributed by atoms with E-state index >= 15 is 0 Å². The Kier molecular flexibility index (Phi) is 7.29. The summed E-state index contributed by atoms with van der Waals surface area (Å²) >= 11 is 0. The standard InChI is InChI=1S/C15H21O7P/c1-5-19-13-6-8-14(9-7-13)22-23(17,18)20-10-12(4)21-15(16)11(2)3/h6-9,12H,2,5,10H2,1,3-4H3,(H,17,18). The van der Waals surface area contributed by atoms with Crippen LogP contribution >= 0.6 is 7.82 Å². The molecular weight excluding hydrogens is 323 g/mol. The van der Waals surface area contributed by atoms with Crippen molar-refractivity contribution >= 4 is 13.8 Å². The molecule has 0 radical (unpaired) electrons. The Morgan fingerprint density at radius 1 is 1.30 bits per heavy atom. The number of phosphoric ester groups is 1. The smallest absolute Gasteiger partial charge is 0.494 e. The Labute approximate surface area is 135 Å². The largest absolute Gasteiger partial charge is 0.527 e. The zero-order valence-corrected chi connectivity index (χ0v) is 14.2. The first-order valence-corrected chi connectivity index (χ1v) is 8.49. The number of esters is 1. The van der Waals surface area contributed by atoms with E-state index in [-0.39, 0.29) is 17.9 Å². The summed E-state index contributed by atoms with van der Waals surface area (Å²) in [6.07, 6.45) is -0.719. The molecule has 0 aromatic heterocycles. The summed E-state index contributed by atoms with van der Waals surface area (Å²) in [6, 6.07) is 6.19. The summed E-state index contributed by atoms with van der Waals surface area (Å²) in [5.74, 6) is 0.182. The van der Waals surface area contributed by atoms with Crippen LogP contribution in [0.15, 0.2) is 36.4 Å². The van der Waals surface area contributed by atoms with E-state index in [1.165, 1.54) is 26.0 Å². The van der Waals surface area contributed by atoms with Crippen LogP contribution in [0.1, 0.15) is 20.8 Å². The second-order valence-corrected chi connectivity index (χ2v) is 6.13. The second-order valence-electron chi connectivity index (χ2n) is 4.76. The van der Waals surface area contributed by atoms with Gasteiger partial charge >= 0.3 is 13.8 Å². The van der Waals surface area contributed by atoms with Crippen molar-refractivity contribution in [3.05, 3.63) is 36.4 Å². The van der Waals surface area contributed by atoms with Crippen LogP contribution in [0.3, 0.4) is 0 Å². The molecule has 1 rings (SSSR count). The van der Waals surface area contributed by atoms with Gasteiger partial charge in [0.25, 0.3) is 0 Å². The van der Waals surface area contributed by atoms with Crippen molar-refractivity contribution in [2.24, 2.45) is 0 Å². The van der Waals surface area contributed by atoms with Crippen molar-refractivity contribution in [1.29, 1.82) is 0 Å².